The van der Waals surface area contributed by atoms with Crippen LogP contribution in [0.1, 0.15) is 13.3 Å². The molecule has 98 valence electrons. The summed E-state index contributed by atoms with van der Waals surface area (Å²) in [6.07, 6.45) is 0.685. The molecule has 2 heterocycles. The Morgan fingerprint density at radius 1 is 1.24 bits per heavy atom. The van der Waals surface area contributed by atoms with Crippen molar-refractivity contribution < 1.29 is 4.79 Å². The second-order valence-corrected chi connectivity index (χ2v) is 6.06. The van der Waals surface area contributed by atoms with Gasteiger partial charge in [0.15, 0.2) is 0 Å². The van der Waals surface area contributed by atoms with E-state index in [9.17, 15) is 4.79 Å². The van der Waals surface area contributed by atoms with Crippen molar-refractivity contribution in [2.75, 3.05) is 50.8 Å². The van der Waals surface area contributed by atoms with Crippen LogP contribution in [0, 0.1) is 0 Å². The number of nitrogens with zero attached hydrogens (tertiary/aromatic N) is 2. The van der Waals surface area contributed by atoms with E-state index < -0.39 is 0 Å². The molecule has 17 heavy (non-hydrogen) atoms. The Balaban J connectivity index is 1.76. The molecule has 0 aliphatic carbocycles. The van der Waals surface area contributed by atoms with Gasteiger partial charge < -0.3 is 10.2 Å². The molecule has 0 aromatic rings. The van der Waals surface area contributed by atoms with Gasteiger partial charge in [-0.15, -0.1) is 0 Å². The molecule has 5 heteroatoms. The Labute approximate surface area is 108 Å². The van der Waals surface area contributed by atoms with Gasteiger partial charge in [0, 0.05) is 63.2 Å². The zero-order chi connectivity index (χ0) is 12.1. The summed E-state index contributed by atoms with van der Waals surface area (Å²) in [7, 11) is 0. The van der Waals surface area contributed by atoms with Crippen LogP contribution in [0.4, 0.5) is 0 Å². The third kappa shape index (κ3) is 3.86. The van der Waals surface area contributed by atoms with E-state index in [0.717, 1.165) is 39.3 Å². The van der Waals surface area contributed by atoms with E-state index in [2.05, 4.69) is 17.1 Å². The smallest absolute Gasteiger partial charge is 0.224 e. The quantitative estimate of drug-likeness (QED) is 0.786. The molecule has 0 spiro atoms. The van der Waals surface area contributed by atoms with Gasteiger partial charge >= 0.3 is 0 Å². The fourth-order valence-electron chi connectivity index (χ4n) is 2.44. The Morgan fingerprint density at radius 3 is 2.53 bits per heavy atom. The molecule has 2 aliphatic heterocycles. The topological polar surface area (TPSA) is 35.6 Å². The van der Waals surface area contributed by atoms with Crippen molar-refractivity contribution in [1.29, 1.82) is 0 Å². The third-order valence-corrected chi connectivity index (χ3v) is 4.55. The first-order valence-electron chi connectivity index (χ1n) is 6.57. The molecule has 1 atom stereocenters. The predicted molar refractivity (Wildman–Crippen MR) is 72.4 cm³/mol. The molecule has 0 bridgehead atoms. The van der Waals surface area contributed by atoms with Gasteiger partial charge in [0.05, 0.1) is 0 Å². The molecule has 4 nitrogen and oxygen atoms in total. The van der Waals surface area contributed by atoms with Crippen molar-refractivity contribution in [3.63, 3.8) is 0 Å². The van der Waals surface area contributed by atoms with Crippen molar-refractivity contribution in [2.45, 2.75) is 19.4 Å². The summed E-state index contributed by atoms with van der Waals surface area (Å²) < 4.78 is 0. The highest BCUT2D eigenvalue weighted by atomic mass is 32.2. The molecule has 0 saturated carbocycles. The molecule has 1 N–H and O–H groups in total. The number of rotatable bonds is 3. The molecule has 0 aromatic carbocycles. The molecule has 1 unspecified atom stereocenters. The number of carbonyl (C=O) groups excluding carboxylic acids is 1. The number of piperazine rings is 1. The van der Waals surface area contributed by atoms with Gasteiger partial charge in [-0.1, -0.05) is 0 Å². The minimum absolute atomic E-state index is 0.331. The average Bonchev–Trinajstić information content (AvgIpc) is 2.40. The van der Waals surface area contributed by atoms with Crippen molar-refractivity contribution >= 4 is 17.7 Å². The first-order valence-corrected chi connectivity index (χ1v) is 7.73. The Kier molecular flexibility index (Phi) is 5.13. The maximum absolute atomic E-state index is 12.1. The summed E-state index contributed by atoms with van der Waals surface area (Å²) in [5, 5.41) is 3.28. The van der Waals surface area contributed by atoms with Crippen LogP contribution >= 0.6 is 11.8 Å². The fraction of sp³-hybridized carbons (Fsp3) is 0.917. The van der Waals surface area contributed by atoms with Gasteiger partial charge in [0.1, 0.15) is 0 Å². The SMILES string of the molecule is CC(CC(=O)N1CCNCC1)N1CCSCC1. The molecule has 2 aliphatic rings. The maximum Gasteiger partial charge on any atom is 0.224 e. The van der Waals surface area contributed by atoms with E-state index in [0.29, 0.717) is 18.4 Å². The summed E-state index contributed by atoms with van der Waals surface area (Å²) in [5.74, 6) is 2.76. The highest BCUT2D eigenvalue weighted by Gasteiger charge is 2.23. The van der Waals surface area contributed by atoms with Gasteiger partial charge in [-0.05, 0) is 6.92 Å². The van der Waals surface area contributed by atoms with Crippen LogP contribution in [0.2, 0.25) is 0 Å². The van der Waals surface area contributed by atoms with Crippen LogP contribution < -0.4 is 5.32 Å². The van der Waals surface area contributed by atoms with Crippen LogP contribution in [0.5, 0.6) is 0 Å². The van der Waals surface area contributed by atoms with Gasteiger partial charge in [-0.25, -0.2) is 0 Å². The highest BCUT2D eigenvalue weighted by Crippen LogP contribution is 2.14. The second kappa shape index (κ2) is 6.61. The number of nitrogens with one attached hydrogen (secondary N) is 1. The molecular weight excluding hydrogens is 234 g/mol. The minimum Gasteiger partial charge on any atom is -0.340 e. The number of hydrogen-bond acceptors (Lipinski definition) is 4. The highest BCUT2D eigenvalue weighted by molar-refractivity contribution is 7.99. The average molecular weight is 257 g/mol. The number of carbonyl (C=O) groups is 1. The van der Waals surface area contributed by atoms with Gasteiger partial charge in [-0.2, -0.15) is 11.8 Å². The summed E-state index contributed by atoms with van der Waals surface area (Å²) in [4.78, 5) is 16.6. The van der Waals surface area contributed by atoms with Crippen LogP contribution in [0.15, 0.2) is 0 Å². The second-order valence-electron chi connectivity index (χ2n) is 4.83. The summed E-state index contributed by atoms with van der Waals surface area (Å²) in [6, 6.07) is 0.401. The molecule has 2 rings (SSSR count). The monoisotopic (exact) mass is 257 g/mol. The summed E-state index contributed by atoms with van der Waals surface area (Å²) >= 11 is 2.02. The predicted octanol–water partition coefficient (Wildman–Crippen LogP) is 0.246. The van der Waals surface area contributed by atoms with Crippen LogP contribution in [0.3, 0.4) is 0 Å². The molecule has 2 saturated heterocycles. The van der Waals surface area contributed by atoms with Crippen LogP contribution in [0.25, 0.3) is 0 Å². The zero-order valence-corrected chi connectivity index (χ0v) is 11.5. The first-order chi connectivity index (χ1) is 8.27. The first kappa shape index (κ1) is 13.2. The van der Waals surface area contributed by atoms with Gasteiger partial charge in [0.2, 0.25) is 5.91 Å². The largest absolute Gasteiger partial charge is 0.340 e. The lowest BCUT2D eigenvalue weighted by molar-refractivity contribution is -0.132. The van der Waals surface area contributed by atoms with Crippen molar-refractivity contribution in [3.05, 3.63) is 0 Å². The van der Waals surface area contributed by atoms with Gasteiger partial charge in [-0.3, -0.25) is 9.69 Å². The standard InChI is InChI=1S/C12H23N3OS/c1-11(14-6-8-17-9-7-14)10-12(16)15-4-2-13-3-5-15/h11,13H,2-10H2,1H3. The van der Waals surface area contributed by atoms with Gasteiger partial charge in [0.25, 0.3) is 0 Å². The zero-order valence-electron chi connectivity index (χ0n) is 10.7. The lowest BCUT2D eigenvalue weighted by atomic mass is 10.1. The van der Waals surface area contributed by atoms with E-state index in [1.807, 2.05) is 16.7 Å². The van der Waals surface area contributed by atoms with E-state index in [1.165, 1.54) is 11.5 Å². The van der Waals surface area contributed by atoms with Crippen LogP contribution in [-0.4, -0.2) is 72.5 Å². The lowest BCUT2D eigenvalue weighted by Crippen LogP contribution is -2.48. The number of amides is 1. The maximum atomic E-state index is 12.1. The molecule has 1 amide bonds. The van der Waals surface area contributed by atoms with Crippen molar-refractivity contribution in [2.24, 2.45) is 0 Å². The van der Waals surface area contributed by atoms with E-state index in [-0.39, 0.29) is 0 Å². The molecule has 0 radical (unpaired) electrons. The molecule has 2 fully saturated rings. The normalized spacial score (nSPS) is 24.6. The molecular formula is C12H23N3OS. The Morgan fingerprint density at radius 2 is 1.88 bits per heavy atom. The van der Waals surface area contributed by atoms with E-state index >= 15 is 0 Å². The van der Waals surface area contributed by atoms with Crippen molar-refractivity contribution in [1.82, 2.24) is 15.1 Å². The number of thioether (sulfide) groups is 1. The third-order valence-electron chi connectivity index (χ3n) is 3.61. The van der Waals surface area contributed by atoms with E-state index in [4.69, 9.17) is 0 Å². The summed E-state index contributed by atoms with van der Waals surface area (Å²) in [5.41, 5.74) is 0. The minimum atomic E-state index is 0.331. The Hall–Kier alpha value is -0.260. The molecule has 0 aromatic heterocycles. The number of hydrogen-bond donors (Lipinski definition) is 1. The van der Waals surface area contributed by atoms with E-state index in [1.54, 1.807) is 0 Å². The van der Waals surface area contributed by atoms with Crippen molar-refractivity contribution in [3.8, 4) is 0 Å². The Bertz CT molecular complexity index is 250. The summed E-state index contributed by atoms with van der Waals surface area (Å²) in [6.45, 7) is 8.11. The van der Waals surface area contributed by atoms with Crippen LogP contribution in [-0.2, 0) is 4.79 Å². The lowest BCUT2D eigenvalue weighted by Gasteiger charge is -2.34. The fourth-order valence-corrected chi connectivity index (χ4v) is 3.37.